The molecule has 0 amide bonds. The van der Waals surface area contributed by atoms with Crippen molar-refractivity contribution in [2.24, 2.45) is 5.92 Å². The fraction of sp³-hybridized carbons (Fsp3) is 0.280. The number of non-ortho nitro benzene ring substituents is 1. The SMILES string of the molecule is O=C(O)CCC=CC[C@@H]1CO[C@H](c2coc3ccc([N+](=O)[O-])cc3c2=O)O[C@@H]1c1ccccc1O. The third kappa shape index (κ3) is 5.39. The number of nitro benzene ring substituents is 1. The Labute approximate surface area is 199 Å². The summed E-state index contributed by atoms with van der Waals surface area (Å²) in [5.74, 6) is -1.08. The highest BCUT2D eigenvalue weighted by atomic mass is 16.7. The number of hydrogen-bond donors (Lipinski definition) is 2. The van der Waals surface area contributed by atoms with Crippen LogP contribution in [0, 0.1) is 16.0 Å². The van der Waals surface area contributed by atoms with E-state index in [0.717, 1.165) is 6.07 Å². The highest BCUT2D eigenvalue weighted by Gasteiger charge is 2.36. The maximum absolute atomic E-state index is 13.1. The first kappa shape index (κ1) is 24.1. The first-order valence-electron chi connectivity index (χ1n) is 11.0. The Morgan fingerprint density at radius 2 is 1.97 bits per heavy atom. The lowest BCUT2D eigenvalue weighted by molar-refractivity contribution is -0.384. The molecule has 0 aliphatic carbocycles. The summed E-state index contributed by atoms with van der Waals surface area (Å²) in [4.78, 5) is 34.4. The number of nitro groups is 1. The summed E-state index contributed by atoms with van der Waals surface area (Å²) in [5, 5.41) is 30.4. The quantitative estimate of drug-likeness (QED) is 0.267. The van der Waals surface area contributed by atoms with E-state index in [2.05, 4.69) is 0 Å². The Kier molecular flexibility index (Phi) is 7.23. The number of para-hydroxylation sites is 1. The summed E-state index contributed by atoms with van der Waals surface area (Å²) in [5.41, 5.74) is 0.0125. The molecule has 4 rings (SSSR count). The number of aromatic hydroxyl groups is 1. The van der Waals surface area contributed by atoms with Crippen LogP contribution in [-0.4, -0.2) is 27.7 Å². The molecular weight excluding hydrogens is 458 g/mol. The van der Waals surface area contributed by atoms with Crippen LogP contribution >= 0.6 is 0 Å². The van der Waals surface area contributed by atoms with Gasteiger partial charge in [0.05, 0.1) is 28.6 Å². The van der Waals surface area contributed by atoms with Gasteiger partial charge in [-0.05, 0) is 25.0 Å². The number of allylic oxidation sites excluding steroid dienone is 2. The summed E-state index contributed by atoms with van der Waals surface area (Å²) in [7, 11) is 0. The fourth-order valence-electron chi connectivity index (χ4n) is 4.00. The van der Waals surface area contributed by atoms with Crippen LogP contribution in [0.5, 0.6) is 5.75 Å². The summed E-state index contributed by atoms with van der Waals surface area (Å²) in [6, 6.07) is 10.5. The number of carboxylic acid groups (broad SMARTS) is 1. The zero-order valence-corrected chi connectivity index (χ0v) is 18.5. The van der Waals surface area contributed by atoms with Crippen molar-refractivity contribution in [3.8, 4) is 5.75 Å². The molecule has 3 atom stereocenters. The number of carbonyl (C=O) groups is 1. The molecule has 10 nitrogen and oxygen atoms in total. The smallest absolute Gasteiger partial charge is 0.303 e. The van der Waals surface area contributed by atoms with Gasteiger partial charge in [0, 0.05) is 30.0 Å². The average Bonchev–Trinajstić information content (AvgIpc) is 2.84. The number of nitrogens with zero attached hydrogens (tertiary/aromatic N) is 1. The largest absolute Gasteiger partial charge is 0.508 e. The Morgan fingerprint density at radius 1 is 1.17 bits per heavy atom. The van der Waals surface area contributed by atoms with Crippen LogP contribution in [0.2, 0.25) is 0 Å². The summed E-state index contributed by atoms with van der Waals surface area (Å²) >= 11 is 0. The van der Waals surface area contributed by atoms with Crippen molar-refractivity contribution in [1.82, 2.24) is 0 Å². The molecule has 1 aromatic heterocycles. The van der Waals surface area contributed by atoms with Crippen LogP contribution < -0.4 is 5.43 Å². The van der Waals surface area contributed by atoms with Crippen molar-refractivity contribution >= 4 is 22.6 Å². The first-order valence-corrected chi connectivity index (χ1v) is 11.0. The lowest BCUT2D eigenvalue weighted by atomic mass is 9.91. The van der Waals surface area contributed by atoms with Crippen LogP contribution in [-0.2, 0) is 14.3 Å². The van der Waals surface area contributed by atoms with Gasteiger partial charge in [-0.2, -0.15) is 0 Å². The second kappa shape index (κ2) is 10.5. The topological polar surface area (TPSA) is 149 Å². The maximum atomic E-state index is 13.1. The van der Waals surface area contributed by atoms with Crippen molar-refractivity contribution in [2.75, 3.05) is 6.61 Å². The number of phenols is 1. The molecule has 2 aromatic carbocycles. The van der Waals surface area contributed by atoms with Crippen LogP contribution in [0.1, 0.15) is 42.8 Å². The van der Waals surface area contributed by atoms with Crippen LogP contribution in [0.25, 0.3) is 11.0 Å². The van der Waals surface area contributed by atoms with Gasteiger partial charge in [0.15, 0.2) is 6.29 Å². The standard InChI is InChI=1S/C25H23NO9/c27-20-8-5-4-7-17(20)24-15(6-2-1-3-9-22(28)29)13-34-25(35-24)19-14-33-21-11-10-16(26(31)32)12-18(21)23(19)30/h1-2,4-5,7-8,10-12,14-15,24-25,27H,3,6,9,13H2,(H,28,29)/t15-,24+,25+/m1/s1. The van der Waals surface area contributed by atoms with Crippen LogP contribution in [0.3, 0.4) is 0 Å². The summed E-state index contributed by atoms with van der Waals surface area (Å²) in [6.45, 7) is 0.180. The molecule has 35 heavy (non-hydrogen) atoms. The predicted molar refractivity (Wildman–Crippen MR) is 124 cm³/mol. The monoisotopic (exact) mass is 481 g/mol. The molecule has 3 aromatic rings. The minimum Gasteiger partial charge on any atom is -0.508 e. The van der Waals surface area contributed by atoms with Gasteiger partial charge in [0.2, 0.25) is 5.43 Å². The van der Waals surface area contributed by atoms with Crippen LogP contribution in [0.15, 0.2) is 70.1 Å². The van der Waals surface area contributed by atoms with Gasteiger partial charge in [-0.15, -0.1) is 0 Å². The van der Waals surface area contributed by atoms with E-state index in [9.17, 15) is 24.8 Å². The number of rotatable bonds is 8. The molecule has 0 spiro atoms. The number of fused-ring (bicyclic) bond motifs is 1. The summed E-state index contributed by atoms with van der Waals surface area (Å²) < 4.78 is 17.5. The molecule has 0 unspecified atom stereocenters. The Bertz CT molecular complexity index is 1330. The van der Waals surface area contributed by atoms with Crippen molar-refractivity contribution in [2.45, 2.75) is 31.7 Å². The normalized spacial score (nSPS) is 20.3. The van der Waals surface area contributed by atoms with Crippen molar-refractivity contribution in [3.63, 3.8) is 0 Å². The van der Waals surface area contributed by atoms with Gasteiger partial charge >= 0.3 is 5.97 Å². The molecule has 1 fully saturated rings. The van der Waals surface area contributed by atoms with Gasteiger partial charge < -0.3 is 24.1 Å². The molecule has 182 valence electrons. The highest BCUT2D eigenvalue weighted by Crippen LogP contribution is 2.42. The summed E-state index contributed by atoms with van der Waals surface area (Å²) in [6.07, 6.45) is 3.97. The number of hydrogen-bond acceptors (Lipinski definition) is 8. The van der Waals surface area contributed by atoms with Gasteiger partial charge in [-0.1, -0.05) is 30.4 Å². The maximum Gasteiger partial charge on any atom is 0.303 e. The van der Waals surface area contributed by atoms with E-state index in [1.54, 1.807) is 24.3 Å². The zero-order valence-electron chi connectivity index (χ0n) is 18.5. The van der Waals surface area contributed by atoms with Crippen LogP contribution in [0.4, 0.5) is 5.69 Å². The minimum atomic E-state index is -1.12. The van der Waals surface area contributed by atoms with E-state index in [0.29, 0.717) is 18.4 Å². The van der Waals surface area contributed by atoms with Crippen molar-refractivity contribution in [1.29, 1.82) is 0 Å². The van der Waals surface area contributed by atoms with Gasteiger partial charge in [-0.3, -0.25) is 19.7 Å². The predicted octanol–water partition coefficient (Wildman–Crippen LogP) is 4.62. The second-order valence-corrected chi connectivity index (χ2v) is 8.14. The molecule has 0 radical (unpaired) electrons. The third-order valence-electron chi connectivity index (χ3n) is 5.78. The van der Waals surface area contributed by atoms with Gasteiger partial charge in [-0.25, -0.2) is 0 Å². The first-order chi connectivity index (χ1) is 16.8. The Balaban J connectivity index is 1.62. The lowest BCUT2D eigenvalue weighted by Gasteiger charge is -2.36. The molecule has 1 aliphatic heterocycles. The van der Waals surface area contributed by atoms with E-state index in [4.69, 9.17) is 19.0 Å². The number of benzene rings is 2. The minimum absolute atomic E-state index is 0.0229. The number of aliphatic carboxylic acids is 1. The highest BCUT2D eigenvalue weighted by molar-refractivity contribution is 5.79. The molecular formula is C25H23NO9. The van der Waals surface area contributed by atoms with Gasteiger partial charge in [0.1, 0.15) is 17.6 Å². The second-order valence-electron chi connectivity index (χ2n) is 8.14. The lowest BCUT2D eigenvalue weighted by Crippen LogP contribution is -2.32. The number of carboxylic acids is 1. The zero-order chi connectivity index (χ0) is 24.9. The third-order valence-corrected chi connectivity index (χ3v) is 5.78. The number of phenolic OH excluding ortho intramolecular Hbond substituents is 1. The molecule has 1 aliphatic rings. The Morgan fingerprint density at radius 3 is 2.71 bits per heavy atom. The molecule has 0 saturated carbocycles. The molecule has 2 N–H and O–H groups in total. The van der Waals surface area contributed by atoms with E-state index in [1.807, 2.05) is 6.08 Å². The fourth-order valence-corrected chi connectivity index (χ4v) is 4.00. The van der Waals surface area contributed by atoms with E-state index >= 15 is 0 Å². The van der Waals surface area contributed by atoms with E-state index < -0.39 is 28.7 Å². The van der Waals surface area contributed by atoms with Crippen molar-refractivity contribution < 1.29 is 33.8 Å². The molecule has 0 bridgehead atoms. The van der Waals surface area contributed by atoms with E-state index in [-0.39, 0.29) is 46.9 Å². The molecule has 10 heteroatoms. The molecule has 1 saturated heterocycles. The Hall–Kier alpha value is -4.02. The van der Waals surface area contributed by atoms with Gasteiger partial charge in [0.25, 0.3) is 5.69 Å². The molecule has 2 heterocycles. The number of ether oxygens (including phenoxy) is 2. The average molecular weight is 481 g/mol. The van der Waals surface area contributed by atoms with E-state index in [1.165, 1.54) is 24.5 Å². The van der Waals surface area contributed by atoms with Crippen molar-refractivity contribution in [3.05, 3.63) is 92.3 Å².